The summed E-state index contributed by atoms with van der Waals surface area (Å²) in [5.74, 6) is -0.204. The van der Waals surface area contributed by atoms with E-state index in [1.54, 1.807) is 25.1 Å². The van der Waals surface area contributed by atoms with Gasteiger partial charge in [0.1, 0.15) is 5.75 Å². The molecule has 1 rings (SSSR count). The van der Waals surface area contributed by atoms with E-state index < -0.39 is 5.97 Å². The number of Topliss-reactive ketones (excluding diaryl/α,β-unsaturated/α-hetero) is 1. The number of benzene rings is 1. The molecule has 0 atom stereocenters. The monoisotopic (exact) mass is 328 g/mol. The van der Waals surface area contributed by atoms with Crippen molar-refractivity contribution in [3.63, 3.8) is 0 Å². The van der Waals surface area contributed by atoms with Crippen LogP contribution in [-0.4, -0.2) is 30.3 Å². The van der Waals surface area contributed by atoms with Crippen molar-refractivity contribution in [1.29, 1.82) is 0 Å². The van der Waals surface area contributed by atoms with Gasteiger partial charge < -0.3 is 9.47 Å². The Balaban J connectivity index is 3.24. The zero-order chi connectivity index (χ0) is 14.3. The molecule has 0 N–H and O–H groups in total. The molecule has 0 aromatic heterocycles. The van der Waals surface area contributed by atoms with Gasteiger partial charge in [-0.3, -0.25) is 4.79 Å². The summed E-state index contributed by atoms with van der Waals surface area (Å²) in [5.41, 5.74) is 0.570. The molecule has 0 saturated carbocycles. The highest BCUT2D eigenvalue weighted by atomic mass is 79.9. The number of halogens is 1. The van der Waals surface area contributed by atoms with E-state index >= 15 is 0 Å². The highest BCUT2D eigenvalue weighted by Crippen LogP contribution is 2.25. The molecule has 0 spiro atoms. The van der Waals surface area contributed by atoms with E-state index in [1.165, 1.54) is 0 Å². The Morgan fingerprint density at radius 3 is 2.53 bits per heavy atom. The van der Waals surface area contributed by atoms with Gasteiger partial charge in [-0.2, -0.15) is 0 Å². The predicted octanol–water partition coefficient (Wildman–Crippen LogP) is 3.23. The number of rotatable bonds is 7. The fraction of sp³-hybridized carbons (Fsp3) is 0.429. The van der Waals surface area contributed by atoms with Gasteiger partial charge in [0.25, 0.3) is 0 Å². The summed E-state index contributed by atoms with van der Waals surface area (Å²) in [7, 11) is 0. The highest BCUT2D eigenvalue weighted by molar-refractivity contribution is 9.09. The van der Waals surface area contributed by atoms with Crippen molar-refractivity contribution in [2.24, 2.45) is 0 Å². The molecule has 5 heteroatoms. The summed E-state index contributed by atoms with van der Waals surface area (Å²) in [6.45, 7) is 4.25. The Hall–Kier alpha value is -1.36. The SMILES string of the molecule is CCOC(=O)c1cccc(OCC)c1C(=O)CCBr. The van der Waals surface area contributed by atoms with E-state index in [0.717, 1.165) is 0 Å². The number of hydrogen-bond donors (Lipinski definition) is 0. The Labute approximate surface area is 121 Å². The summed E-state index contributed by atoms with van der Waals surface area (Å²) in [6.07, 6.45) is 0.302. The average Bonchev–Trinajstić information content (AvgIpc) is 2.39. The molecule has 0 saturated heterocycles. The zero-order valence-electron chi connectivity index (χ0n) is 11.1. The molecule has 4 nitrogen and oxygen atoms in total. The van der Waals surface area contributed by atoms with Gasteiger partial charge in [0.15, 0.2) is 5.78 Å². The van der Waals surface area contributed by atoms with E-state index in [0.29, 0.717) is 29.7 Å². The number of esters is 1. The van der Waals surface area contributed by atoms with Crippen molar-refractivity contribution in [3.8, 4) is 5.75 Å². The lowest BCUT2D eigenvalue weighted by Gasteiger charge is -2.13. The van der Waals surface area contributed by atoms with Gasteiger partial charge >= 0.3 is 5.97 Å². The van der Waals surface area contributed by atoms with Crippen LogP contribution < -0.4 is 4.74 Å². The van der Waals surface area contributed by atoms with Gasteiger partial charge in [-0.05, 0) is 26.0 Å². The van der Waals surface area contributed by atoms with Crippen LogP contribution in [0.1, 0.15) is 41.0 Å². The van der Waals surface area contributed by atoms with Crippen molar-refractivity contribution < 1.29 is 19.1 Å². The zero-order valence-corrected chi connectivity index (χ0v) is 12.7. The summed E-state index contributed by atoms with van der Waals surface area (Å²) in [5, 5.41) is 0.536. The Kier molecular flexibility index (Phi) is 6.56. The van der Waals surface area contributed by atoms with Gasteiger partial charge in [-0.15, -0.1) is 0 Å². The maximum Gasteiger partial charge on any atom is 0.338 e. The molecule has 0 aliphatic carbocycles. The molecule has 0 radical (unpaired) electrons. The summed E-state index contributed by atoms with van der Waals surface area (Å²) < 4.78 is 10.4. The molecule has 0 fully saturated rings. The smallest absolute Gasteiger partial charge is 0.338 e. The second-order valence-electron chi connectivity index (χ2n) is 3.69. The Morgan fingerprint density at radius 2 is 1.95 bits per heavy atom. The molecule has 0 unspecified atom stereocenters. The standard InChI is InChI=1S/C14H17BrO4/c1-3-18-12-7-5-6-10(14(17)19-4-2)13(12)11(16)8-9-15/h5-7H,3-4,8-9H2,1-2H3. The highest BCUT2D eigenvalue weighted by Gasteiger charge is 2.22. The normalized spacial score (nSPS) is 10.1. The predicted molar refractivity (Wildman–Crippen MR) is 76.3 cm³/mol. The molecule has 0 aliphatic rings. The maximum atomic E-state index is 12.2. The lowest BCUT2D eigenvalue weighted by Crippen LogP contribution is -2.14. The molecule has 0 aliphatic heterocycles. The van der Waals surface area contributed by atoms with Crippen molar-refractivity contribution in [1.82, 2.24) is 0 Å². The largest absolute Gasteiger partial charge is 0.493 e. The minimum absolute atomic E-state index is 0.135. The second kappa shape index (κ2) is 7.94. The second-order valence-corrected chi connectivity index (χ2v) is 4.49. The van der Waals surface area contributed by atoms with Crippen LogP contribution in [0.15, 0.2) is 18.2 Å². The van der Waals surface area contributed by atoms with E-state index in [2.05, 4.69) is 15.9 Å². The van der Waals surface area contributed by atoms with Gasteiger partial charge in [0.2, 0.25) is 0 Å². The fourth-order valence-corrected chi connectivity index (χ4v) is 2.04. The third-order valence-corrected chi connectivity index (χ3v) is 2.82. The first-order chi connectivity index (χ1) is 9.15. The van der Waals surface area contributed by atoms with Gasteiger partial charge in [-0.25, -0.2) is 4.79 Å². The first-order valence-electron chi connectivity index (χ1n) is 6.17. The molecule has 0 heterocycles. The van der Waals surface area contributed by atoms with Crippen molar-refractivity contribution >= 4 is 27.7 Å². The molecule has 0 amide bonds. The van der Waals surface area contributed by atoms with E-state index in [1.807, 2.05) is 6.92 Å². The third-order valence-electron chi connectivity index (χ3n) is 2.42. The number of hydrogen-bond acceptors (Lipinski definition) is 4. The molecular weight excluding hydrogens is 312 g/mol. The first-order valence-corrected chi connectivity index (χ1v) is 7.29. The van der Waals surface area contributed by atoms with Crippen LogP contribution in [0.3, 0.4) is 0 Å². The van der Waals surface area contributed by atoms with Crippen LogP contribution in [0.4, 0.5) is 0 Å². The van der Waals surface area contributed by atoms with E-state index in [-0.39, 0.29) is 18.0 Å². The molecule has 1 aromatic carbocycles. The summed E-state index contributed by atoms with van der Waals surface area (Å²) in [6, 6.07) is 4.96. The molecule has 1 aromatic rings. The number of alkyl halides is 1. The Bertz CT molecular complexity index is 457. The molecule has 19 heavy (non-hydrogen) atoms. The van der Waals surface area contributed by atoms with Crippen LogP contribution in [0.25, 0.3) is 0 Å². The molecular formula is C14H17BrO4. The summed E-state index contributed by atoms with van der Waals surface area (Å²) >= 11 is 3.23. The van der Waals surface area contributed by atoms with Crippen LogP contribution in [0.2, 0.25) is 0 Å². The quantitative estimate of drug-likeness (QED) is 0.438. The van der Waals surface area contributed by atoms with Crippen molar-refractivity contribution in [3.05, 3.63) is 29.3 Å². The van der Waals surface area contributed by atoms with Crippen molar-refractivity contribution in [2.75, 3.05) is 18.5 Å². The topological polar surface area (TPSA) is 52.6 Å². The van der Waals surface area contributed by atoms with E-state index in [4.69, 9.17) is 9.47 Å². The van der Waals surface area contributed by atoms with Crippen LogP contribution >= 0.6 is 15.9 Å². The lowest BCUT2D eigenvalue weighted by molar-refractivity contribution is 0.0522. The van der Waals surface area contributed by atoms with Gasteiger partial charge in [0.05, 0.1) is 24.3 Å². The molecule has 0 bridgehead atoms. The fourth-order valence-electron chi connectivity index (χ4n) is 1.68. The van der Waals surface area contributed by atoms with Crippen LogP contribution in [0, 0.1) is 0 Å². The lowest BCUT2D eigenvalue weighted by atomic mass is 10.0. The number of carbonyl (C=O) groups is 2. The number of ketones is 1. The Morgan fingerprint density at radius 1 is 1.21 bits per heavy atom. The van der Waals surface area contributed by atoms with Gasteiger partial charge in [0, 0.05) is 11.8 Å². The average molecular weight is 329 g/mol. The van der Waals surface area contributed by atoms with Gasteiger partial charge in [-0.1, -0.05) is 22.0 Å². The maximum absolute atomic E-state index is 12.2. The van der Waals surface area contributed by atoms with Crippen molar-refractivity contribution in [2.45, 2.75) is 20.3 Å². The molecule has 104 valence electrons. The minimum Gasteiger partial charge on any atom is -0.493 e. The minimum atomic E-state index is -0.498. The third kappa shape index (κ3) is 4.06. The van der Waals surface area contributed by atoms with Crippen LogP contribution in [-0.2, 0) is 4.74 Å². The first kappa shape index (κ1) is 15.7. The summed E-state index contributed by atoms with van der Waals surface area (Å²) in [4.78, 5) is 24.0. The number of carbonyl (C=O) groups excluding carboxylic acids is 2. The van der Waals surface area contributed by atoms with E-state index in [9.17, 15) is 9.59 Å². The number of ether oxygens (including phenoxy) is 2. The van der Waals surface area contributed by atoms with Crippen LogP contribution in [0.5, 0.6) is 5.75 Å².